The number of nitrogens with zero attached hydrogens (tertiary/aromatic N) is 1. The number of nitrogens with one attached hydrogen (secondary N) is 1. The molecule has 5 atom stereocenters. The molecule has 0 radical (unpaired) electrons. The SMILES string of the molecule is C[C@H](CCc1ccccc1)N[C@@H](C)C(=O)N1C2CCCC2C[C@H]1C(=O)O. The number of rotatable bonds is 7. The molecule has 26 heavy (non-hydrogen) atoms. The first-order valence-electron chi connectivity index (χ1n) is 9.82. The summed E-state index contributed by atoms with van der Waals surface area (Å²) in [5.41, 5.74) is 1.29. The number of aliphatic carboxylic acids is 1. The molecule has 0 spiro atoms. The molecule has 2 aliphatic rings. The lowest BCUT2D eigenvalue weighted by Gasteiger charge is -2.31. The van der Waals surface area contributed by atoms with E-state index >= 15 is 0 Å². The summed E-state index contributed by atoms with van der Waals surface area (Å²) in [4.78, 5) is 26.3. The maximum atomic E-state index is 13.0. The number of carboxylic acids is 1. The Morgan fingerprint density at radius 2 is 1.96 bits per heavy atom. The van der Waals surface area contributed by atoms with Gasteiger partial charge in [0, 0.05) is 12.1 Å². The van der Waals surface area contributed by atoms with Crippen LogP contribution in [0.1, 0.15) is 51.5 Å². The van der Waals surface area contributed by atoms with Gasteiger partial charge in [0.2, 0.25) is 5.91 Å². The van der Waals surface area contributed by atoms with E-state index < -0.39 is 12.0 Å². The molecule has 5 nitrogen and oxygen atoms in total. The summed E-state index contributed by atoms with van der Waals surface area (Å²) in [6.07, 6.45) is 5.60. The highest BCUT2D eigenvalue weighted by Crippen LogP contribution is 2.41. The van der Waals surface area contributed by atoms with Crippen molar-refractivity contribution in [1.82, 2.24) is 10.2 Å². The minimum absolute atomic E-state index is 0.0571. The van der Waals surface area contributed by atoms with Crippen LogP contribution < -0.4 is 5.32 Å². The number of likely N-dealkylation sites (tertiary alicyclic amines) is 1. The highest BCUT2D eigenvalue weighted by atomic mass is 16.4. The summed E-state index contributed by atoms with van der Waals surface area (Å²) in [6, 6.07) is 9.62. The van der Waals surface area contributed by atoms with Gasteiger partial charge in [-0.1, -0.05) is 36.8 Å². The van der Waals surface area contributed by atoms with Crippen LogP contribution in [0.15, 0.2) is 30.3 Å². The van der Waals surface area contributed by atoms with E-state index in [2.05, 4.69) is 24.4 Å². The Labute approximate surface area is 155 Å². The van der Waals surface area contributed by atoms with Gasteiger partial charge in [0.1, 0.15) is 6.04 Å². The number of hydrogen-bond acceptors (Lipinski definition) is 3. The Balaban J connectivity index is 1.56. The van der Waals surface area contributed by atoms with E-state index in [9.17, 15) is 14.7 Å². The van der Waals surface area contributed by atoms with Crippen LogP contribution in [0.4, 0.5) is 0 Å². The number of benzene rings is 1. The first-order valence-corrected chi connectivity index (χ1v) is 9.82. The summed E-state index contributed by atoms with van der Waals surface area (Å²) in [5, 5.41) is 12.9. The zero-order valence-corrected chi connectivity index (χ0v) is 15.7. The molecule has 1 saturated carbocycles. The van der Waals surface area contributed by atoms with E-state index in [0.717, 1.165) is 32.1 Å². The second-order valence-electron chi connectivity index (χ2n) is 7.91. The molecule has 1 heterocycles. The lowest BCUT2D eigenvalue weighted by molar-refractivity contribution is -0.150. The molecule has 2 unspecified atom stereocenters. The van der Waals surface area contributed by atoms with Crippen molar-refractivity contribution in [2.24, 2.45) is 5.92 Å². The van der Waals surface area contributed by atoms with Gasteiger partial charge in [-0.25, -0.2) is 4.79 Å². The zero-order valence-electron chi connectivity index (χ0n) is 15.7. The molecule has 1 saturated heterocycles. The third-order valence-corrected chi connectivity index (χ3v) is 5.99. The predicted octanol–water partition coefficient (Wildman–Crippen LogP) is 2.84. The van der Waals surface area contributed by atoms with Crippen LogP contribution in [0.2, 0.25) is 0 Å². The van der Waals surface area contributed by atoms with Crippen LogP contribution in [0.25, 0.3) is 0 Å². The zero-order chi connectivity index (χ0) is 18.7. The summed E-state index contributed by atoms with van der Waals surface area (Å²) in [5.74, 6) is -0.557. The van der Waals surface area contributed by atoms with Crippen molar-refractivity contribution in [3.05, 3.63) is 35.9 Å². The van der Waals surface area contributed by atoms with Gasteiger partial charge >= 0.3 is 5.97 Å². The van der Waals surface area contributed by atoms with Crippen molar-refractivity contribution in [3.63, 3.8) is 0 Å². The number of carbonyl (C=O) groups is 2. The first kappa shape index (κ1) is 18.9. The van der Waals surface area contributed by atoms with Crippen LogP contribution >= 0.6 is 0 Å². The number of aryl methyl sites for hydroxylation is 1. The van der Waals surface area contributed by atoms with Gasteiger partial charge in [-0.15, -0.1) is 0 Å². The molecule has 0 aromatic heterocycles. The van der Waals surface area contributed by atoms with Crippen LogP contribution in [0.3, 0.4) is 0 Å². The van der Waals surface area contributed by atoms with Gasteiger partial charge in [0.05, 0.1) is 6.04 Å². The van der Waals surface area contributed by atoms with E-state index in [1.165, 1.54) is 5.56 Å². The quantitative estimate of drug-likeness (QED) is 0.786. The number of hydrogen-bond donors (Lipinski definition) is 2. The van der Waals surface area contributed by atoms with Crippen molar-refractivity contribution >= 4 is 11.9 Å². The molecule has 142 valence electrons. The maximum Gasteiger partial charge on any atom is 0.326 e. The van der Waals surface area contributed by atoms with Crippen LogP contribution in [-0.4, -0.2) is 46.1 Å². The van der Waals surface area contributed by atoms with E-state index in [-0.39, 0.29) is 24.0 Å². The second-order valence-corrected chi connectivity index (χ2v) is 7.91. The average molecular weight is 358 g/mol. The van der Waals surface area contributed by atoms with E-state index in [4.69, 9.17) is 0 Å². The van der Waals surface area contributed by atoms with Gasteiger partial charge in [0.15, 0.2) is 0 Å². The Bertz CT molecular complexity index is 633. The van der Waals surface area contributed by atoms with E-state index in [1.807, 2.05) is 25.1 Å². The highest BCUT2D eigenvalue weighted by Gasteiger charge is 2.49. The molecular weight excluding hydrogens is 328 g/mol. The Morgan fingerprint density at radius 3 is 2.65 bits per heavy atom. The fraction of sp³-hybridized carbons (Fsp3) is 0.619. The Morgan fingerprint density at radius 1 is 1.23 bits per heavy atom. The van der Waals surface area contributed by atoms with Crippen molar-refractivity contribution < 1.29 is 14.7 Å². The largest absolute Gasteiger partial charge is 0.480 e. The third kappa shape index (κ3) is 4.09. The summed E-state index contributed by atoms with van der Waals surface area (Å²) in [6.45, 7) is 3.95. The molecule has 3 rings (SSSR count). The Hall–Kier alpha value is -1.88. The summed E-state index contributed by atoms with van der Waals surface area (Å²) >= 11 is 0. The second kappa shape index (κ2) is 8.21. The van der Waals surface area contributed by atoms with Crippen molar-refractivity contribution in [2.45, 2.75) is 76.5 Å². The topological polar surface area (TPSA) is 69.6 Å². The molecule has 1 aromatic carbocycles. The van der Waals surface area contributed by atoms with Crippen molar-refractivity contribution in [1.29, 1.82) is 0 Å². The number of amides is 1. The van der Waals surface area contributed by atoms with E-state index in [1.54, 1.807) is 4.90 Å². The van der Waals surface area contributed by atoms with E-state index in [0.29, 0.717) is 12.3 Å². The van der Waals surface area contributed by atoms with Crippen LogP contribution in [-0.2, 0) is 16.0 Å². The molecule has 0 bridgehead atoms. The number of carboxylic acid groups (broad SMARTS) is 1. The Kier molecular flexibility index (Phi) is 5.97. The standard InChI is InChI=1S/C21H30N2O3/c1-14(11-12-16-7-4-3-5-8-16)22-15(2)20(24)23-18-10-6-9-17(18)13-19(23)21(25)26/h3-5,7-8,14-15,17-19,22H,6,9-13H2,1-2H3,(H,25,26)/t14-,15+,17?,18?,19+/m1/s1. The lowest BCUT2D eigenvalue weighted by Crippen LogP contribution is -2.53. The monoisotopic (exact) mass is 358 g/mol. The average Bonchev–Trinajstić information content (AvgIpc) is 3.21. The van der Waals surface area contributed by atoms with Gasteiger partial charge in [-0.05, 0) is 57.4 Å². The summed E-state index contributed by atoms with van der Waals surface area (Å²) in [7, 11) is 0. The normalized spacial score (nSPS) is 27.2. The fourth-order valence-electron chi connectivity index (χ4n) is 4.66. The number of fused-ring (bicyclic) bond motifs is 1. The molecular formula is C21H30N2O3. The molecule has 5 heteroatoms. The smallest absolute Gasteiger partial charge is 0.326 e. The molecule has 1 aliphatic carbocycles. The van der Waals surface area contributed by atoms with Gasteiger partial charge in [0.25, 0.3) is 0 Å². The molecule has 1 aromatic rings. The molecule has 1 amide bonds. The lowest BCUT2D eigenvalue weighted by atomic mass is 10.0. The van der Waals surface area contributed by atoms with Gasteiger partial charge < -0.3 is 15.3 Å². The van der Waals surface area contributed by atoms with Crippen molar-refractivity contribution in [3.8, 4) is 0 Å². The van der Waals surface area contributed by atoms with Gasteiger partial charge in [-0.3, -0.25) is 4.79 Å². The minimum Gasteiger partial charge on any atom is -0.480 e. The molecule has 1 aliphatic heterocycles. The third-order valence-electron chi connectivity index (χ3n) is 5.99. The first-order chi connectivity index (χ1) is 12.5. The predicted molar refractivity (Wildman–Crippen MR) is 101 cm³/mol. The fourth-order valence-corrected chi connectivity index (χ4v) is 4.66. The number of carbonyl (C=O) groups excluding carboxylic acids is 1. The summed E-state index contributed by atoms with van der Waals surface area (Å²) < 4.78 is 0. The maximum absolute atomic E-state index is 13.0. The van der Waals surface area contributed by atoms with Crippen LogP contribution in [0, 0.1) is 5.92 Å². The minimum atomic E-state index is -0.864. The molecule has 2 N–H and O–H groups in total. The molecule has 2 fully saturated rings. The van der Waals surface area contributed by atoms with Crippen molar-refractivity contribution in [2.75, 3.05) is 0 Å². The highest BCUT2D eigenvalue weighted by molar-refractivity contribution is 5.88. The van der Waals surface area contributed by atoms with Gasteiger partial charge in [-0.2, -0.15) is 0 Å². The van der Waals surface area contributed by atoms with Crippen LogP contribution in [0.5, 0.6) is 0 Å².